The Kier molecular flexibility index (Phi) is 9.38. The lowest BCUT2D eigenvalue weighted by molar-refractivity contribution is -0.117. The van der Waals surface area contributed by atoms with Crippen molar-refractivity contribution in [3.05, 3.63) is 0 Å². The molecule has 0 heterocycles. The monoisotopic (exact) mass is 212 g/mol. The maximum atomic E-state index is 10.7. The molecule has 0 saturated carbocycles. The van der Waals surface area contributed by atoms with E-state index in [0.717, 1.165) is 19.4 Å². The van der Waals surface area contributed by atoms with Gasteiger partial charge in [-0.05, 0) is 33.2 Å². The fourth-order valence-electron chi connectivity index (χ4n) is 1.43. The Morgan fingerprint density at radius 3 is 2.27 bits per heavy atom. The average Bonchev–Trinajstić information content (AvgIpc) is 2.14. The lowest BCUT2D eigenvalue weighted by atomic mass is 10.1. The largest absolute Gasteiger partial charge is 0.311 e. The summed E-state index contributed by atoms with van der Waals surface area (Å²) >= 11 is 0. The van der Waals surface area contributed by atoms with Crippen molar-refractivity contribution in [2.75, 3.05) is 13.1 Å². The SMILES string of the molecule is CC(=N)CNCCCCCCCC(C)=O. The van der Waals surface area contributed by atoms with Crippen LogP contribution >= 0.6 is 0 Å². The zero-order valence-electron chi connectivity index (χ0n) is 10.1. The summed E-state index contributed by atoms with van der Waals surface area (Å²) in [6, 6.07) is 0. The predicted octanol–water partition coefficient (Wildman–Crippen LogP) is 2.55. The van der Waals surface area contributed by atoms with Crippen LogP contribution in [0.1, 0.15) is 52.4 Å². The maximum Gasteiger partial charge on any atom is 0.129 e. The summed E-state index contributed by atoms with van der Waals surface area (Å²) in [5, 5.41) is 10.4. The van der Waals surface area contributed by atoms with E-state index in [0.29, 0.717) is 18.0 Å². The van der Waals surface area contributed by atoms with Crippen LogP contribution in [0, 0.1) is 5.41 Å². The molecule has 0 aromatic carbocycles. The Morgan fingerprint density at radius 1 is 1.07 bits per heavy atom. The highest BCUT2D eigenvalue weighted by molar-refractivity contribution is 5.80. The van der Waals surface area contributed by atoms with Crippen molar-refractivity contribution in [3.8, 4) is 0 Å². The normalized spacial score (nSPS) is 10.3. The topological polar surface area (TPSA) is 53.0 Å². The Bertz CT molecular complexity index is 170. The van der Waals surface area contributed by atoms with Gasteiger partial charge in [-0.3, -0.25) is 0 Å². The molecule has 0 unspecified atom stereocenters. The van der Waals surface area contributed by atoms with E-state index < -0.39 is 0 Å². The van der Waals surface area contributed by atoms with E-state index in [1.54, 1.807) is 6.92 Å². The van der Waals surface area contributed by atoms with E-state index >= 15 is 0 Å². The fraction of sp³-hybridized carbons (Fsp3) is 0.833. The van der Waals surface area contributed by atoms with Gasteiger partial charge in [-0.15, -0.1) is 0 Å². The minimum Gasteiger partial charge on any atom is -0.311 e. The van der Waals surface area contributed by atoms with Gasteiger partial charge in [0, 0.05) is 18.7 Å². The Hall–Kier alpha value is -0.700. The van der Waals surface area contributed by atoms with Crippen LogP contribution in [0.5, 0.6) is 0 Å². The van der Waals surface area contributed by atoms with E-state index in [-0.39, 0.29) is 0 Å². The predicted molar refractivity (Wildman–Crippen MR) is 64.7 cm³/mol. The van der Waals surface area contributed by atoms with Crippen LogP contribution in [0.2, 0.25) is 0 Å². The average molecular weight is 212 g/mol. The third-order valence-electron chi connectivity index (χ3n) is 2.27. The minimum absolute atomic E-state index is 0.304. The van der Waals surface area contributed by atoms with Gasteiger partial charge in [-0.1, -0.05) is 19.3 Å². The lowest BCUT2D eigenvalue weighted by Crippen LogP contribution is -2.21. The molecule has 0 spiro atoms. The number of nitrogens with one attached hydrogen (secondary N) is 2. The molecular weight excluding hydrogens is 188 g/mol. The zero-order chi connectivity index (χ0) is 11.5. The standard InChI is InChI=1S/C12H24N2O/c1-11(13)10-14-9-7-5-3-4-6-8-12(2)15/h13-14H,3-10H2,1-2H3. The second-order valence-corrected chi connectivity index (χ2v) is 4.18. The molecule has 0 aliphatic rings. The van der Waals surface area contributed by atoms with Crippen molar-refractivity contribution in [1.29, 1.82) is 5.41 Å². The van der Waals surface area contributed by atoms with Gasteiger partial charge in [-0.25, -0.2) is 0 Å². The highest BCUT2D eigenvalue weighted by Gasteiger charge is 1.94. The van der Waals surface area contributed by atoms with Crippen molar-refractivity contribution in [2.24, 2.45) is 0 Å². The number of unbranched alkanes of at least 4 members (excludes halogenated alkanes) is 4. The van der Waals surface area contributed by atoms with Crippen LogP contribution in [0.25, 0.3) is 0 Å². The van der Waals surface area contributed by atoms with E-state index in [9.17, 15) is 4.79 Å². The summed E-state index contributed by atoms with van der Waals surface area (Å²) in [7, 11) is 0. The second kappa shape index (κ2) is 9.84. The van der Waals surface area contributed by atoms with Crippen LogP contribution in [0.15, 0.2) is 0 Å². The summed E-state index contributed by atoms with van der Waals surface area (Å²) in [5.74, 6) is 0.304. The molecule has 0 aromatic rings. The fourth-order valence-corrected chi connectivity index (χ4v) is 1.43. The van der Waals surface area contributed by atoms with E-state index in [2.05, 4.69) is 5.32 Å². The molecule has 0 aliphatic heterocycles. The van der Waals surface area contributed by atoms with Gasteiger partial charge < -0.3 is 15.5 Å². The minimum atomic E-state index is 0.304. The first-order valence-corrected chi connectivity index (χ1v) is 5.87. The molecule has 15 heavy (non-hydrogen) atoms. The maximum absolute atomic E-state index is 10.7. The van der Waals surface area contributed by atoms with Gasteiger partial charge in [0.15, 0.2) is 0 Å². The summed E-state index contributed by atoms with van der Waals surface area (Å²) in [4.78, 5) is 10.7. The van der Waals surface area contributed by atoms with Gasteiger partial charge in [0.2, 0.25) is 0 Å². The Morgan fingerprint density at radius 2 is 1.67 bits per heavy atom. The van der Waals surface area contributed by atoms with Gasteiger partial charge in [0.25, 0.3) is 0 Å². The summed E-state index contributed by atoms with van der Waals surface area (Å²) < 4.78 is 0. The zero-order valence-corrected chi connectivity index (χ0v) is 10.1. The Labute approximate surface area is 93.2 Å². The molecular formula is C12H24N2O. The molecule has 0 saturated heterocycles. The molecule has 0 aromatic heterocycles. The molecule has 0 atom stereocenters. The highest BCUT2D eigenvalue weighted by Crippen LogP contribution is 2.04. The van der Waals surface area contributed by atoms with Crippen LogP contribution in [-0.4, -0.2) is 24.6 Å². The first-order valence-electron chi connectivity index (χ1n) is 5.87. The molecule has 0 bridgehead atoms. The van der Waals surface area contributed by atoms with Gasteiger partial charge in [-0.2, -0.15) is 0 Å². The van der Waals surface area contributed by atoms with Crippen molar-refractivity contribution >= 4 is 11.5 Å². The van der Waals surface area contributed by atoms with Crippen molar-refractivity contribution in [2.45, 2.75) is 52.4 Å². The van der Waals surface area contributed by atoms with Crippen LogP contribution in [0.4, 0.5) is 0 Å². The van der Waals surface area contributed by atoms with Crippen LogP contribution < -0.4 is 5.32 Å². The third-order valence-corrected chi connectivity index (χ3v) is 2.27. The Balaban J connectivity index is 2.99. The van der Waals surface area contributed by atoms with E-state index in [1.807, 2.05) is 6.92 Å². The van der Waals surface area contributed by atoms with Gasteiger partial charge in [0.1, 0.15) is 5.78 Å². The number of rotatable bonds is 10. The van der Waals surface area contributed by atoms with Crippen molar-refractivity contribution in [1.82, 2.24) is 5.32 Å². The lowest BCUT2D eigenvalue weighted by Gasteiger charge is -2.03. The molecule has 3 nitrogen and oxygen atoms in total. The number of hydrogen-bond acceptors (Lipinski definition) is 3. The molecule has 3 heteroatoms. The first-order chi connectivity index (χ1) is 7.13. The van der Waals surface area contributed by atoms with Crippen LogP contribution in [0.3, 0.4) is 0 Å². The molecule has 0 rings (SSSR count). The van der Waals surface area contributed by atoms with E-state index in [4.69, 9.17) is 5.41 Å². The van der Waals surface area contributed by atoms with Crippen molar-refractivity contribution < 1.29 is 4.79 Å². The number of carbonyl (C=O) groups is 1. The quantitative estimate of drug-likeness (QED) is 0.432. The summed E-state index contributed by atoms with van der Waals surface area (Å²) in [6.45, 7) is 5.19. The van der Waals surface area contributed by atoms with E-state index in [1.165, 1.54) is 25.7 Å². The molecule has 0 fully saturated rings. The molecule has 0 aliphatic carbocycles. The number of carbonyl (C=O) groups excluding carboxylic acids is 1. The van der Waals surface area contributed by atoms with Gasteiger partial charge in [0.05, 0.1) is 0 Å². The first kappa shape index (κ1) is 14.3. The molecule has 0 radical (unpaired) electrons. The summed E-state index contributed by atoms with van der Waals surface area (Å²) in [6.07, 6.45) is 6.57. The number of hydrogen-bond donors (Lipinski definition) is 2. The second-order valence-electron chi connectivity index (χ2n) is 4.18. The molecule has 0 amide bonds. The third kappa shape index (κ3) is 13.3. The smallest absolute Gasteiger partial charge is 0.129 e. The summed E-state index contributed by atoms with van der Waals surface area (Å²) in [5.41, 5.74) is 0.691. The number of ketones is 1. The van der Waals surface area contributed by atoms with Crippen molar-refractivity contribution in [3.63, 3.8) is 0 Å². The number of Topliss-reactive ketones (excluding diaryl/α,β-unsaturated/α-hetero) is 1. The van der Waals surface area contributed by atoms with Crippen LogP contribution in [-0.2, 0) is 4.79 Å². The molecule has 2 N–H and O–H groups in total. The molecule has 88 valence electrons. The highest BCUT2D eigenvalue weighted by atomic mass is 16.1. The van der Waals surface area contributed by atoms with Gasteiger partial charge >= 0.3 is 0 Å².